The highest BCUT2D eigenvalue weighted by Gasteiger charge is 2.29. The van der Waals surface area contributed by atoms with Crippen molar-refractivity contribution in [2.24, 2.45) is 11.7 Å². The first kappa shape index (κ1) is 23.4. The van der Waals surface area contributed by atoms with Crippen molar-refractivity contribution in [2.45, 2.75) is 69.6 Å². The molecule has 5 N–H and O–H groups in total. The summed E-state index contributed by atoms with van der Waals surface area (Å²) in [4.78, 5) is 25.4. The quantitative estimate of drug-likeness (QED) is 0.418. The van der Waals surface area contributed by atoms with Crippen molar-refractivity contribution < 1.29 is 18.7 Å². The standard InChI is InChI=1S/C24H29F2N7O2/c25-14-3-10-19(18(26)11-14)30-24-31-20-12-28-23(29-15-4-8-17(34)9-5-15)32-22(20)33(24)16-6-1-13(2-7-16)21(27)35/h3,10-13,15-17,34H,1-2,4-9H2,(H2,27,35)(H,30,31)(H,28,29,32)/t13-,15?,16+,17?. The van der Waals surface area contributed by atoms with Crippen LogP contribution in [0.4, 0.5) is 26.4 Å². The molecule has 0 unspecified atom stereocenters. The van der Waals surface area contributed by atoms with Gasteiger partial charge in [0.15, 0.2) is 5.65 Å². The van der Waals surface area contributed by atoms with Crippen molar-refractivity contribution in [2.75, 3.05) is 10.6 Å². The number of aliphatic hydroxyl groups excluding tert-OH is 1. The number of fused-ring (bicyclic) bond motifs is 1. The lowest BCUT2D eigenvalue weighted by Gasteiger charge is -2.29. The van der Waals surface area contributed by atoms with Crippen molar-refractivity contribution in [3.05, 3.63) is 36.0 Å². The van der Waals surface area contributed by atoms with Crippen LogP contribution in [-0.2, 0) is 4.79 Å². The molecule has 0 atom stereocenters. The monoisotopic (exact) mass is 485 g/mol. The number of carbonyl (C=O) groups is 1. The minimum atomic E-state index is -0.728. The highest BCUT2D eigenvalue weighted by Crippen LogP contribution is 2.37. The number of nitrogens with zero attached hydrogens (tertiary/aromatic N) is 4. The SMILES string of the molecule is NC(=O)[C@H]1CC[C@@H](n2c(Nc3ccc(F)cc3F)nc3cnc(NC4CCC(O)CC4)nc32)CC1. The Balaban J connectivity index is 1.48. The van der Waals surface area contributed by atoms with Crippen LogP contribution < -0.4 is 16.4 Å². The summed E-state index contributed by atoms with van der Waals surface area (Å²) in [5.74, 6) is -1.01. The molecule has 2 fully saturated rings. The van der Waals surface area contributed by atoms with Crippen LogP contribution in [0.2, 0.25) is 0 Å². The fourth-order valence-electron chi connectivity index (χ4n) is 5.13. The van der Waals surface area contributed by atoms with Gasteiger partial charge in [0.25, 0.3) is 0 Å². The number of rotatable bonds is 6. The number of hydrogen-bond donors (Lipinski definition) is 4. The summed E-state index contributed by atoms with van der Waals surface area (Å²) in [6.07, 6.45) is 7.16. The molecule has 35 heavy (non-hydrogen) atoms. The zero-order valence-electron chi connectivity index (χ0n) is 19.3. The molecular weight excluding hydrogens is 456 g/mol. The number of carbonyl (C=O) groups excluding carboxylic acids is 1. The molecule has 186 valence electrons. The van der Waals surface area contributed by atoms with Crippen molar-refractivity contribution in [1.82, 2.24) is 19.5 Å². The minimum Gasteiger partial charge on any atom is -0.393 e. The zero-order valence-corrected chi connectivity index (χ0v) is 19.3. The maximum Gasteiger partial charge on any atom is 0.224 e. The molecule has 3 aromatic rings. The van der Waals surface area contributed by atoms with Crippen molar-refractivity contribution >= 4 is 34.7 Å². The van der Waals surface area contributed by atoms with Crippen LogP contribution in [0.25, 0.3) is 11.2 Å². The predicted molar refractivity (Wildman–Crippen MR) is 127 cm³/mol. The van der Waals surface area contributed by atoms with Gasteiger partial charge in [-0.05, 0) is 63.5 Å². The Morgan fingerprint density at radius 2 is 1.80 bits per heavy atom. The lowest BCUT2D eigenvalue weighted by Crippen LogP contribution is -2.29. The topological polar surface area (TPSA) is 131 Å². The van der Waals surface area contributed by atoms with Crippen molar-refractivity contribution in [3.8, 4) is 0 Å². The van der Waals surface area contributed by atoms with Crippen LogP contribution in [0.1, 0.15) is 57.4 Å². The number of hydrogen-bond acceptors (Lipinski definition) is 7. The molecule has 2 aromatic heterocycles. The van der Waals surface area contributed by atoms with E-state index in [1.165, 1.54) is 12.1 Å². The first-order valence-corrected chi connectivity index (χ1v) is 12.1. The molecule has 2 aliphatic rings. The number of amides is 1. The van der Waals surface area contributed by atoms with E-state index in [9.17, 15) is 18.7 Å². The first-order chi connectivity index (χ1) is 16.9. The third kappa shape index (κ3) is 5.04. The van der Waals surface area contributed by atoms with Gasteiger partial charge in [0, 0.05) is 24.1 Å². The van der Waals surface area contributed by atoms with Crippen LogP contribution >= 0.6 is 0 Å². The van der Waals surface area contributed by atoms with Gasteiger partial charge < -0.3 is 21.5 Å². The Hall–Kier alpha value is -3.34. The Kier molecular flexibility index (Phi) is 6.50. The highest BCUT2D eigenvalue weighted by molar-refractivity contribution is 5.78. The van der Waals surface area contributed by atoms with E-state index in [0.29, 0.717) is 48.7 Å². The fourth-order valence-corrected chi connectivity index (χ4v) is 5.13. The maximum absolute atomic E-state index is 14.4. The fraction of sp³-hybridized carbons (Fsp3) is 0.500. The molecule has 1 aromatic carbocycles. The zero-order chi connectivity index (χ0) is 24.5. The third-order valence-corrected chi connectivity index (χ3v) is 7.10. The molecule has 2 heterocycles. The van der Waals surface area contributed by atoms with E-state index in [2.05, 4.69) is 20.6 Å². The van der Waals surface area contributed by atoms with Gasteiger partial charge in [-0.3, -0.25) is 9.36 Å². The van der Waals surface area contributed by atoms with E-state index in [-0.39, 0.29) is 35.7 Å². The Bertz CT molecular complexity index is 1220. The molecule has 0 saturated heterocycles. The molecule has 0 spiro atoms. The van der Waals surface area contributed by atoms with Gasteiger partial charge in [-0.1, -0.05) is 0 Å². The van der Waals surface area contributed by atoms with Crippen LogP contribution in [0.5, 0.6) is 0 Å². The molecule has 0 radical (unpaired) electrons. The van der Waals surface area contributed by atoms with E-state index in [0.717, 1.165) is 31.7 Å². The molecule has 9 nitrogen and oxygen atoms in total. The molecule has 2 saturated carbocycles. The Labute approximate surface area is 201 Å². The van der Waals surface area contributed by atoms with Crippen LogP contribution in [0, 0.1) is 17.6 Å². The second-order valence-corrected chi connectivity index (χ2v) is 9.51. The second-order valence-electron chi connectivity index (χ2n) is 9.51. The lowest BCUT2D eigenvalue weighted by molar-refractivity contribution is -0.122. The Morgan fingerprint density at radius 3 is 2.49 bits per heavy atom. The van der Waals surface area contributed by atoms with Crippen molar-refractivity contribution in [3.63, 3.8) is 0 Å². The number of anilines is 3. The number of nitrogens with two attached hydrogens (primary N) is 1. The van der Waals surface area contributed by atoms with Gasteiger partial charge in [0.05, 0.1) is 18.0 Å². The molecule has 0 aliphatic heterocycles. The van der Waals surface area contributed by atoms with E-state index in [1.807, 2.05) is 4.57 Å². The van der Waals surface area contributed by atoms with E-state index in [1.54, 1.807) is 6.20 Å². The number of imidazole rings is 1. The number of aliphatic hydroxyl groups is 1. The number of primary amides is 1. The number of halogens is 2. The van der Waals surface area contributed by atoms with Gasteiger partial charge in [-0.25, -0.2) is 18.7 Å². The maximum atomic E-state index is 14.4. The van der Waals surface area contributed by atoms with Crippen LogP contribution in [0.15, 0.2) is 24.4 Å². The average molecular weight is 486 g/mol. The number of aromatic nitrogens is 4. The van der Waals surface area contributed by atoms with Gasteiger partial charge in [-0.2, -0.15) is 4.98 Å². The summed E-state index contributed by atoms with van der Waals surface area (Å²) < 4.78 is 29.8. The predicted octanol–water partition coefficient (Wildman–Crippen LogP) is 3.78. The molecule has 11 heteroatoms. The number of benzene rings is 1. The van der Waals surface area contributed by atoms with E-state index >= 15 is 0 Å². The second kappa shape index (κ2) is 9.73. The van der Waals surface area contributed by atoms with Crippen molar-refractivity contribution in [1.29, 1.82) is 0 Å². The lowest BCUT2D eigenvalue weighted by atomic mass is 9.85. The molecular formula is C24H29F2N7O2. The summed E-state index contributed by atoms with van der Waals surface area (Å²) in [6.45, 7) is 0. The largest absolute Gasteiger partial charge is 0.393 e. The molecule has 0 bridgehead atoms. The smallest absolute Gasteiger partial charge is 0.224 e. The molecule has 2 aliphatic carbocycles. The summed E-state index contributed by atoms with van der Waals surface area (Å²) in [5.41, 5.74) is 6.74. The third-order valence-electron chi connectivity index (χ3n) is 7.10. The van der Waals surface area contributed by atoms with Crippen LogP contribution in [0.3, 0.4) is 0 Å². The minimum absolute atomic E-state index is 0.0332. The van der Waals surface area contributed by atoms with Gasteiger partial charge in [-0.15, -0.1) is 0 Å². The molecule has 5 rings (SSSR count). The Morgan fingerprint density at radius 1 is 1.06 bits per heavy atom. The van der Waals surface area contributed by atoms with Gasteiger partial charge in [0.1, 0.15) is 17.2 Å². The van der Waals surface area contributed by atoms with Gasteiger partial charge in [0.2, 0.25) is 17.8 Å². The first-order valence-electron chi connectivity index (χ1n) is 12.1. The van der Waals surface area contributed by atoms with Crippen LogP contribution in [-0.4, -0.2) is 42.7 Å². The molecule has 1 amide bonds. The number of nitrogens with one attached hydrogen (secondary N) is 2. The summed E-state index contributed by atoms with van der Waals surface area (Å²) >= 11 is 0. The average Bonchev–Trinajstić information content (AvgIpc) is 3.19. The summed E-state index contributed by atoms with van der Waals surface area (Å²) in [6, 6.07) is 3.46. The van der Waals surface area contributed by atoms with E-state index in [4.69, 9.17) is 10.7 Å². The summed E-state index contributed by atoms with van der Waals surface area (Å²) in [7, 11) is 0. The summed E-state index contributed by atoms with van der Waals surface area (Å²) in [5, 5.41) is 16.1. The van der Waals surface area contributed by atoms with E-state index < -0.39 is 11.6 Å². The normalized spacial score (nSPS) is 24.9. The highest BCUT2D eigenvalue weighted by atomic mass is 19.1. The van der Waals surface area contributed by atoms with Gasteiger partial charge >= 0.3 is 0 Å².